The van der Waals surface area contributed by atoms with Gasteiger partial charge >= 0.3 is 5.97 Å². The molecule has 14 heavy (non-hydrogen) atoms. The van der Waals surface area contributed by atoms with Crippen molar-refractivity contribution < 1.29 is 19.4 Å². The Balaban J connectivity index is 2.54. The van der Waals surface area contributed by atoms with E-state index in [1.165, 1.54) is 6.20 Å². The van der Waals surface area contributed by atoms with E-state index in [1.807, 2.05) is 0 Å². The molecule has 1 aromatic heterocycles. The maximum Gasteiger partial charge on any atom is 0.339 e. The predicted molar refractivity (Wildman–Crippen MR) is 45.3 cm³/mol. The van der Waals surface area contributed by atoms with Crippen molar-refractivity contribution >= 4 is 17.6 Å². The van der Waals surface area contributed by atoms with Crippen LogP contribution in [0.1, 0.15) is 10.4 Å². The Labute approximate surface area is 78.5 Å². The Bertz CT molecular complexity index is 416. The normalized spacial score (nSPS) is 13.9. The largest absolute Gasteiger partial charge is 0.480 e. The van der Waals surface area contributed by atoms with Crippen molar-refractivity contribution in [2.24, 2.45) is 0 Å². The molecule has 1 aromatic rings. The lowest BCUT2D eigenvalue weighted by Crippen LogP contribution is -2.27. The van der Waals surface area contributed by atoms with Crippen molar-refractivity contribution in [1.29, 1.82) is 0 Å². The minimum Gasteiger partial charge on any atom is -0.480 e. The molecule has 0 spiro atoms. The Morgan fingerprint density at radius 2 is 2.36 bits per heavy atom. The highest BCUT2D eigenvalue weighted by Gasteiger charge is 2.22. The van der Waals surface area contributed by atoms with Crippen molar-refractivity contribution in [2.75, 3.05) is 11.9 Å². The number of rotatable bonds is 1. The van der Waals surface area contributed by atoms with Crippen LogP contribution in [0.4, 0.5) is 5.69 Å². The Morgan fingerprint density at radius 3 is 3.07 bits per heavy atom. The summed E-state index contributed by atoms with van der Waals surface area (Å²) in [7, 11) is 0. The third kappa shape index (κ3) is 1.26. The van der Waals surface area contributed by atoms with Gasteiger partial charge in [0.1, 0.15) is 11.3 Å². The molecule has 72 valence electrons. The third-order valence-corrected chi connectivity index (χ3v) is 1.76. The van der Waals surface area contributed by atoms with Crippen molar-refractivity contribution in [3.63, 3.8) is 0 Å². The van der Waals surface area contributed by atoms with E-state index in [0.29, 0.717) is 0 Å². The summed E-state index contributed by atoms with van der Waals surface area (Å²) < 4.78 is 4.99. The monoisotopic (exact) mass is 194 g/mol. The van der Waals surface area contributed by atoms with Crippen LogP contribution in [0.2, 0.25) is 0 Å². The molecule has 2 heterocycles. The van der Waals surface area contributed by atoms with E-state index in [4.69, 9.17) is 9.84 Å². The molecule has 0 unspecified atom stereocenters. The molecule has 1 aliphatic rings. The molecule has 0 radical (unpaired) electrons. The molecule has 0 fully saturated rings. The number of fused-ring (bicyclic) bond motifs is 1. The molecule has 2 N–H and O–H groups in total. The quantitative estimate of drug-likeness (QED) is 0.662. The average molecular weight is 194 g/mol. The molecule has 1 aliphatic heterocycles. The zero-order chi connectivity index (χ0) is 10.1. The van der Waals surface area contributed by atoms with Gasteiger partial charge in [0.15, 0.2) is 12.4 Å². The van der Waals surface area contributed by atoms with Gasteiger partial charge in [0.05, 0.1) is 6.20 Å². The zero-order valence-electron chi connectivity index (χ0n) is 6.98. The summed E-state index contributed by atoms with van der Waals surface area (Å²) in [5.74, 6) is -1.24. The van der Waals surface area contributed by atoms with Gasteiger partial charge < -0.3 is 15.2 Å². The van der Waals surface area contributed by atoms with Crippen LogP contribution in [-0.4, -0.2) is 28.6 Å². The third-order valence-electron chi connectivity index (χ3n) is 1.76. The Hall–Kier alpha value is -2.11. The van der Waals surface area contributed by atoms with E-state index in [0.717, 1.165) is 6.20 Å². The summed E-state index contributed by atoms with van der Waals surface area (Å²) in [5.41, 5.74) is 0.0966. The molecular weight excluding hydrogens is 188 g/mol. The molecule has 1 amide bonds. The van der Waals surface area contributed by atoms with Crippen molar-refractivity contribution in [1.82, 2.24) is 4.98 Å². The summed E-state index contributed by atoms with van der Waals surface area (Å²) in [6, 6.07) is 0. The van der Waals surface area contributed by atoms with Gasteiger partial charge in [-0.2, -0.15) is 0 Å². The molecule has 0 saturated carbocycles. The van der Waals surface area contributed by atoms with Gasteiger partial charge in [0.25, 0.3) is 5.91 Å². The standard InChI is InChI=1S/C8H6N2O4/c11-6-3-14-5-2-9-1-4(8(12)13)7(5)10-6/h1-2H,3H2,(H,10,11)(H,12,13). The van der Waals surface area contributed by atoms with E-state index >= 15 is 0 Å². The highest BCUT2D eigenvalue weighted by atomic mass is 16.5. The van der Waals surface area contributed by atoms with Crippen LogP contribution in [0.15, 0.2) is 12.4 Å². The molecule has 0 aliphatic carbocycles. The summed E-state index contributed by atoms with van der Waals surface area (Å²) in [6.07, 6.45) is 2.53. The van der Waals surface area contributed by atoms with Gasteiger partial charge in [-0.25, -0.2) is 4.79 Å². The van der Waals surface area contributed by atoms with Crippen LogP contribution in [0, 0.1) is 0 Å². The molecule has 6 heteroatoms. The van der Waals surface area contributed by atoms with Crippen LogP contribution in [0.25, 0.3) is 0 Å². The first-order valence-corrected chi connectivity index (χ1v) is 3.82. The van der Waals surface area contributed by atoms with Gasteiger partial charge in [0, 0.05) is 6.20 Å². The average Bonchev–Trinajstić information content (AvgIpc) is 2.16. The van der Waals surface area contributed by atoms with E-state index in [-0.39, 0.29) is 29.5 Å². The molecule has 6 nitrogen and oxygen atoms in total. The summed E-state index contributed by atoms with van der Waals surface area (Å²) in [4.78, 5) is 25.4. The fourth-order valence-corrected chi connectivity index (χ4v) is 1.16. The van der Waals surface area contributed by atoms with Gasteiger partial charge in [-0.1, -0.05) is 0 Å². The zero-order valence-corrected chi connectivity index (χ0v) is 6.98. The number of anilines is 1. The topological polar surface area (TPSA) is 88.5 Å². The van der Waals surface area contributed by atoms with Crippen LogP contribution in [-0.2, 0) is 4.79 Å². The number of carboxylic acid groups (broad SMARTS) is 1. The Morgan fingerprint density at radius 1 is 1.57 bits per heavy atom. The molecule has 0 aromatic carbocycles. The predicted octanol–water partition coefficient (Wildman–Crippen LogP) is 0.111. The summed E-state index contributed by atoms with van der Waals surface area (Å²) in [5, 5.41) is 11.2. The molecule has 0 bridgehead atoms. The second-order valence-electron chi connectivity index (χ2n) is 2.70. The maximum atomic E-state index is 11.0. The second-order valence-corrected chi connectivity index (χ2v) is 2.70. The highest BCUT2D eigenvalue weighted by molar-refractivity contribution is 6.03. The first-order chi connectivity index (χ1) is 6.68. The number of carbonyl (C=O) groups is 2. The van der Waals surface area contributed by atoms with Crippen LogP contribution < -0.4 is 10.1 Å². The number of pyridine rings is 1. The SMILES string of the molecule is O=C1COc2cncc(C(=O)O)c2N1. The lowest BCUT2D eigenvalue weighted by atomic mass is 10.2. The minimum atomic E-state index is -1.15. The second kappa shape index (κ2) is 2.99. The first-order valence-electron chi connectivity index (χ1n) is 3.82. The molecular formula is C8H6N2O4. The van der Waals surface area contributed by atoms with Crippen LogP contribution in [0.5, 0.6) is 5.75 Å². The smallest absolute Gasteiger partial charge is 0.339 e. The number of carboxylic acids is 1. The van der Waals surface area contributed by atoms with Crippen molar-refractivity contribution in [2.45, 2.75) is 0 Å². The Kier molecular flexibility index (Phi) is 1.81. The van der Waals surface area contributed by atoms with Gasteiger partial charge in [-0.05, 0) is 0 Å². The number of ether oxygens (including phenoxy) is 1. The van der Waals surface area contributed by atoms with E-state index in [2.05, 4.69) is 10.3 Å². The fourth-order valence-electron chi connectivity index (χ4n) is 1.16. The van der Waals surface area contributed by atoms with Gasteiger partial charge in [-0.3, -0.25) is 9.78 Å². The van der Waals surface area contributed by atoms with Crippen LogP contribution in [0.3, 0.4) is 0 Å². The number of aromatic carboxylic acids is 1. The number of carbonyl (C=O) groups excluding carboxylic acids is 1. The van der Waals surface area contributed by atoms with E-state index in [1.54, 1.807) is 0 Å². The van der Waals surface area contributed by atoms with Gasteiger partial charge in [0.2, 0.25) is 0 Å². The van der Waals surface area contributed by atoms with E-state index in [9.17, 15) is 9.59 Å². The van der Waals surface area contributed by atoms with Gasteiger partial charge in [-0.15, -0.1) is 0 Å². The number of hydrogen-bond acceptors (Lipinski definition) is 4. The lowest BCUT2D eigenvalue weighted by molar-refractivity contribution is -0.118. The minimum absolute atomic E-state index is 0.0736. The van der Waals surface area contributed by atoms with Crippen LogP contribution >= 0.6 is 0 Å². The number of nitrogens with zero attached hydrogens (tertiary/aromatic N) is 1. The summed E-state index contributed by atoms with van der Waals surface area (Å²) >= 11 is 0. The number of aromatic nitrogens is 1. The van der Waals surface area contributed by atoms with Crippen molar-refractivity contribution in [3.8, 4) is 5.75 Å². The lowest BCUT2D eigenvalue weighted by Gasteiger charge is -2.18. The van der Waals surface area contributed by atoms with E-state index < -0.39 is 5.97 Å². The summed E-state index contributed by atoms with van der Waals surface area (Å²) in [6.45, 7) is -0.113. The number of nitrogens with one attached hydrogen (secondary N) is 1. The fraction of sp³-hybridized carbons (Fsp3) is 0.125. The number of hydrogen-bond donors (Lipinski definition) is 2. The number of amides is 1. The maximum absolute atomic E-state index is 11.0. The molecule has 0 saturated heterocycles. The highest BCUT2D eigenvalue weighted by Crippen LogP contribution is 2.29. The van der Waals surface area contributed by atoms with Crippen molar-refractivity contribution in [3.05, 3.63) is 18.0 Å². The first kappa shape index (κ1) is 8.49. The molecule has 2 rings (SSSR count). The molecule has 0 atom stereocenters.